The molecule has 34 heavy (non-hydrogen) atoms. The second-order valence-corrected chi connectivity index (χ2v) is 11.2. The molecule has 0 aromatic carbocycles. The van der Waals surface area contributed by atoms with E-state index in [9.17, 15) is 19.5 Å². The molecule has 7 nitrogen and oxygen atoms in total. The molecule has 0 aromatic heterocycles. The van der Waals surface area contributed by atoms with Crippen molar-refractivity contribution >= 4 is 29.5 Å². The first-order chi connectivity index (χ1) is 16.4. The minimum Gasteiger partial charge on any atom is -0.465 e. The van der Waals surface area contributed by atoms with Crippen LogP contribution in [0.1, 0.15) is 52.4 Å². The van der Waals surface area contributed by atoms with Gasteiger partial charge in [-0.15, -0.1) is 24.9 Å². The number of aliphatic hydroxyl groups is 1. The lowest BCUT2D eigenvalue weighted by molar-refractivity contribution is -0.154. The lowest BCUT2D eigenvalue weighted by Crippen LogP contribution is -2.57. The Morgan fingerprint density at radius 2 is 2.06 bits per heavy atom. The highest BCUT2D eigenvalue weighted by molar-refractivity contribution is 8.02. The molecule has 2 amide bonds. The highest BCUT2D eigenvalue weighted by atomic mass is 32.2. The third-order valence-electron chi connectivity index (χ3n) is 7.55. The van der Waals surface area contributed by atoms with Gasteiger partial charge in [-0.3, -0.25) is 14.4 Å². The Balaban J connectivity index is 1.95. The summed E-state index contributed by atoms with van der Waals surface area (Å²) in [5, 5.41) is 9.46. The van der Waals surface area contributed by atoms with Gasteiger partial charge in [-0.25, -0.2) is 0 Å². The summed E-state index contributed by atoms with van der Waals surface area (Å²) in [6.07, 6.45) is 8.00. The molecule has 0 aliphatic carbocycles. The molecule has 3 rings (SSSR count). The van der Waals surface area contributed by atoms with Crippen molar-refractivity contribution in [3.63, 3.8) is 0 Å². The smallest absolute Gasteiger partial charge is 0.310 e. The van der Waals surface area contributed by atoms with E-state index in [4.69, 9.17) is 4.74 Å². The molecule has 3 fully saturated rings. The topological polar surface area (TPSA) is 87.1 Å². The minimum absolute atomic E-state index is 0.0188. The molecule has 3 unspecified atom stereocenters. The second kappa shape index (κ2) is 11.8. The first kappa shape index (κ1) is 26.8. The fourth-order valence-corrected chi connectivity index (χ4v) is 8.42. The zero-order valence-electron chi connectivity index (χ0n) is 20.6. The maximum atomic E-state index is 14.0. The van der Waals surface area contributed by atoms with Gasteiger partial charge in [-0.05, 0) is 38.0 Å². The molecular formula is C26H40N2O5S. The highest BCUT2D eigenvalue weighted by Crippen LogP contribution is 2.68. The number of amides is 2. The van der Waals surface area contributed by atoms with Gasteiger partial charge < -0.3 is 19.6 Å². The summed E-state index contributed by atoms with van der Waals surface area (Å²) in [6, 6.07) is -0.642. The fourth-order valence-electron chi connectivity index (χ4n) is 6.01. The Bertz CT molecular complexity index is 789. The van der Waals surface area contributed by atoms with Gasteiger partial charge in [0.15, 0.2) is 0 Å². The Morgan fingerprint density at radius 1 is 1.29 bits per heavy atom. The quantitative estimate of drug-likeness (QED) is 0.228. The van der Waals surface area contributed by atoms with E-state index in [1.165, 1.54) is 0 Å². The van der Waals surface area contributed by atoms with Crippen LogP contribution in [0.2, 0.25) is 0 Å². The standard InChI is InChI=1S/C26H40N2O5S/c1-5-8-10-16-33-25(32)20-19-17-18(4)26(34-19)21(20)23(30)28(14-11-15-29)22(26)24(31)27(12-7-3)13-9-6-2/h5,7,18-22,29H,1,3,6,8-17H2,2,4H3/t18?,19-,20+,21+,22?,26?/m1/s1. The molecule has 190 valence electrons. The van der Waals surface area contributed by atoms with Crippen LogP contribution in [0.4, 0.5) is 0 Å². The summed E-state index contributed by atoms with van der Waals surface area (Å²) in [6.45, 7) is 13.3. The van der Waals surface area contributed by atoms with E-state index in [-0.39, 0.29) is 35.6 Å². The van der Waals surface area contributed by atoms with Gasteiger partial charge in [0.25, 0.3) is 0 Å². The number of unbranched alkanes of at least 4 members (excludes halogenated alkanes) is 2. The van der Waals surface area contributed by atoms with Crippen molar-refractivity contribution < 1.29 is 24.2 Å². The molecule has 0 saturated carbocycles. The van der Waals surface area contributed by atoms with Crippen molar-refractivity contribution in [3.8, 4) is 0 Å². The number of fused-ring (bicyclic) bond motifs is 1. The molecule has 3 aliphatic rings. The number of carbonyl (C=O) groups is 3. The van der Waals surface area contributed by atoms with Crippen molar-refractivity contribution in [1.82, 2.24) is 9.80 Å². The number of thioether (sulfide) groups is 1. The van der Waals surface area contributed by atoms with E-state index >= 15 is 0 Å². The zero-order valence-corrected chi connectivity index (χ0v) is 21.4. The van der Waals surface area contributed by atoms with Gasteiger partial charge in [0.1, 0.15) is 6.04 Å². The van der Waals surface area contributed by atoms with Crippen LogP contribution < -0.4 is 0 Å². The lowest BCUT2D eigenvalue weighted by atomic mass is 9.66. The van der Waals surface area contributed by atoms with E-state index in [0.29, 0.717) is 39.1 Å². The third kappa shape index (κ3) is 4.68. The average molecular weight is 493 g/mol. The molecule has 2 bridgehead atoms. The molecule has 3 heterocycles. The van der Waals surface area contributed by atoms with Crippen molar-refractivity contribution in [2.75, 3.05) is 32.8 Å². The van der Waals surface area contributed by atoms with Crippen molar-refractivity contribution in [3.05, 3.63) is 25.3 Å². The van der Waals surface area contributed by atoms with E-state index in [1.807, 2.05) is 0 Å². The number of rotatable bonds is 14. The number of allylic oxidation sites excluding steroid dienone is 1. The number of aliphatic hydroxyl groups excluding tert-OH is 1. The van der Waals surface area contributed by atoms with Gasteiger partial charge in [0, 0.05) is 31.5 Å². The fraction of sp³-hybridized carbons (Fsp3) is 0.731. The van der Waals surface area contributed by atoms with Gasteiger partial charge >= 0.3 is 5.97 Å². The molecule has 1 N–H and O–H groups in total. The van der Waals surface area contributed by atoms with Crippen LogP contribution in [0.3, 0.4) is 0 Å². The van der Waals surface area contributed by atoms with Gasteiger partial charge in [-0.2, -0.15) is 0 Å². The van der Waals surface area contributed by atoms with E-state index in [0.717, 1.165) is 25.7 Å². The molecular weight excluding hydrogens is 452 g/mol. The number of ether oxygens (including phenoxy) is 1. The lowest BCUT2D eigenvalue weighted by Gasteiger charge is -2.40. The maximum Gasteiger partial charge on any atom is 0.310 e. The molecule has 6 atom stereocenters. The van der Waals surface area contributed by atoms with Crippen molar-refractivity contribution in [2.24, 2.45) is 17.8 Å². The predicted molar refractivity (Wildman–Crippen MR) is 134 cm³/mol. The SMILES string of the molecule is C=CCCCOC(=O)[C@@H]1[C@H]2C(=O)N(CCCO)C(C(=O)N(CC=C)CCCC)C23S[C@@H]1CC3C. The summed E-state index contributed by atoms with van der Waals surface area (Å²) in [5.41, 5.74) is 0. The summed E-state index contributed by atoms with van der Waals surface area (Å²) in [7, 11) is 0. The van der Waals surface area contributed by atoms with Crippen LogP contribution >= 0.6 is 11.8 Å². The van der Waals surface area contributed by atoms with Gasteiger partial charge in [0.2, 0.25) is 11.8 Å². The van der Waals surface area contributed by atoms with Crippen LogP contribution in [-0.4, -0.2) is 81.6 Å². The predicted octanol–water partition coefficient (Wildman–Crippen LogP) is 3.03. The van der Waals surface area contributed by atoms with Crippen LogP contribution in [0.15, 0.2) is 25.3 Å². The van der Waals surface area contributed by atoms with Gasteiger partial charge in [-0.1, -0.05) is 32.4 Å². The number of nitrogens with zero attached hydrogens (tertiary/aromatic N) is 2. The Labute approximate surface area is 208 Å². The number of likely N-dealkylation sites (tertiary alicyclic amines) is 1. The Kier molecular flexibility index (Phi) is 9.27. The number of carbonyl (C=O) groups excluding carboxylic acids is 3. The number of hydrogen-bond donors (Lipinski definition) is 1. The summed E-state index contributed by atoms with van der Waals surface area (Å²) < 4.78 is 4.95. The summed E-state index contributed by atoms with van der Waals surface area (Å²) in [5.74, 6) is -1.51. The molecule has 0 aromatic rings. The molecule has 3 aliphatic heterocycles. The summed E-state index contributed by atoms with van der Waals surface area (Å²) in [4.78, 5) is 44.5. The number of hydrogen-bond acceptors (Lipinski definition) is 6. The van der Waals surface area contributed by atoms with Crippen LogP contribution in [0.5, 0.6) is 0 Å². The Hall–Kier alpha value is -1.80. The van der Waals surface area contributed by atoms with Crippen LogP contribution in [0.25, 0.3) is 0 Å². The van der Waals surface area contributed by atoms with Crippen LogP contribution in [0, 0.1) is 17.8 Å². The first-order valence-corrected chi connectivity index (χ1v) is 13.5. The minimum atomic E-state index is -0.648. The van der Waals surface area contributed by atoms with Crippen molar-refractivity contribution in [1.29, 1.82) is 0 Å². The molecule has 1 spiro atoms. The second-order valence-electron chi connectivity index (χ2n) is 9.69. The molecule has 8 heteroatoms. The normalized spacial score (nSPS) is 31.4. The zero-order chi connectivity index (χ0) is 24.9. The maximum absolute atomic E-state index is 14.0. The van der Waals surface area contributed by atoms with E-state index < -0.39 is 22.6 Å². The van der Waals surface area contributed by atoms with Gasteiger partial charge in [0.05, 0.1) is 23.2 Å². The molecule has 0 radical (unpaired) electrons. The molecule has 3 saturated heterocycles. The van der Waals surface area contributed by atoms with Crippen molar-refractivity contribution in [2.45, 2.75) is 68.4 Å². The average Bonchev–Trinajstić information content (AvgIpc) is 3.41. The van der Waals surface area contributed by atoms with E-state index in [1.54, 1.807) is 33.7 Å². The number of esters is 1. The summed E-state index contributed by atoms with van der Waals surface area (Å²) >= 11 is 1.66. The first-order valence-electron chi connectivity index (χ1n) is 12.6. The van der Waals surface area contributed by atoms with E-state index in [2.05, 4.69) is 27.0 Å². The highest BCUT2D eigenvalue weighted by Gasteiger charge is 2.76. The monoisotopic (exact) mass is 492 g/mol. The van der Waals surface area contributed by atoms with Crippen LogP contribution in [-0.2, 0) is 19.1 Å². The largest absolute Gasteiger partial charge is 0.465 e. The third-order valence-corrected chi connectivity index (χ3v) is 9.62. The Morgan fingerprint density at radius 3 is 2.71 bits per heavy atom.